The van der Waals surface area contributed by atoms with Crippen LogP contribution in [-0.4, -0.2) is 12.9 Å². The van der Waals surface area contributed by atoms with E-state index in [9.17, 15) is 4.79 Å². The highest BCUT2D eigenvalue weighted by molar-refractivity contribution is 6.33. The predicted octanol–water partition coefficient (Wildman–Crippen LogP) is 4.55. The molecule has 0 aliphatic rings. The van der Waals surface area contributed by atoms with E-state index in [1.165, 1.54) is 5.56 Å². The van der Waals surface area contributed by atoms with E-state index < -0.39 is 0 Å². The van der Waals surface area contributed by atoms with Crippen LogP contribution < -0.4 is 4.74 Å². The van der Waals surface area contributed by atoms with Crippen LogP contribution in [0, 0.1) is 0 Å². The molecule has 3 heteroatoms. The molecule has 0 saturated heterocycles. The Bertz CT molecular complexity index is 552. The monoisotopic (exact) mass is 288 g/mol. The Morgan fingerprint density at radius 2 is 1.85 bits per heavy atom. The van der Waals surface area contributed by atoms with Gasteiger partial charge in [-0.1, -0.05) is 41.9 Å². The van der Waals surface area contributed by atoms with Crippen LogP contribution in [0.4, 0.5) is 0 Å². The van der Waals surface area contributed by atoms with Gasteiger partial charge in [-0.25, -0.2) is 0 Å². The second-order valence-electron chi connectivity index (χ2n) is 4.59. The highest BCUT2D eigenvalue weighted by atomic mass is 35.5. The Morgan fingerprint density at radius 1 is 1.05 bits per heavy atom. The molecule has 0 saturated carbocycles. The minimum atomic E-state index is 0.432. The summed E-state index contributed by atoms with van der Waals surface area (Å²) in [6.07, 6.45) is 3.88. The number of benzene rings is 2. The largest absolute Gasteiger partial charge is 0.494 e. The third-order valence-corrected chi connectivity index (χ3v) is 3.40. The highest BCUT2D eigenvalue weighted by Gasteiger charge is 2.01. The van der Waals surface area contributed by atoms with E-state index in [4.69, 9.17) is 16.3 Å². The molecule has 0 aromatic heterocycles. The number of aryl methyl sites for hydroxylation is 1. The van der Waals surface area contributed by atoms with Crippen LogP contribution in [0.1, 0.15) is 28.8 Å². The topological polar surface area (TPSA) is 26.3 Å². The van der Waals surface area contributed by atoms with Crippen molar-refractivity contribution in [1.29, 1.82) is 0 Å². The van der Waals surface area contributed by atoms with Crippen LogP contribution in [0.2, 0.25) is 5.02 Å². The Balaban J connectivity index is 1.71. The molecule has 0 atom stereocenters. The zero-order valence-corrected chi connectivity index (χ0v) is 12.0. The lowest BCUT2D eigenvalue weighted by molar-refractivity contribution is 0.112. The van der Waals surface area contributed by atoms with Gasteiger partial charge in [0.25, 0.3) is 0 Å². The summed E-state index contributed by atoms with van der Waals surface area (Å²) in [6, 6.07) is 15.5. The van der Waals surface area contributed by atoms with Crippen LogP contribution in [0.25, 0.3) is 0 Å². The van der Waals surface area contributed by atoms with Gasteiger partial charge in [0.2, 0.25) is 0 Å². The molecule has 2 rings (SSSR count). The number of ether oxygens (including phenoxy) is 1. The number of unbranched alkanes of at least 4 members (excludes halogenated alkanes) is 1. The Labute approximate surface area is 124 Å². The highest BCUT2D eigenvalue weighted by Crippen LogP contribution is 2.21. The first kappa shape index (κ1) is 14.6. The fraction of sp³-hybridized carbons (Fsp3) is 0.235. The predicted molar refractivity (Wildman–Crippen MR) is 81.7 cm³/mol. The summed E-state index contributed by atoms with van der Waals surface area (Å²) >= 11 is 5.94. The molecule has 2 aromatic rings. The number of hydrogen-bond acceptors (Lipinski definition) is 2. The maximum absolute atomic E-state index is 10.6. The van der Waals surface area contributed by atoms with Crippen LogP contribution in [-0.2, 0) is 6.42 Å². The van der Waals surface area contributed by atoms with E-state index in [0.29, 0.717) is 22.9 Å². The van der Waals surface area contributed by atoms with Crippen molar-refractivity contribution >= 4 is 17.9 Å². The van der Waals surface area contributed by atoms with Gasteiger partial charge in [-0.2, -0.15) is 0 Å². The molecule has 0 bridgehead atoms. The zero-order valence-electron chi connectivity index (χ0n) is 11.2. The molecule has 0 fully saturated rings. The number of hydrogen-bond donors (Lipinski definition) is 0. The first-order chi connectivity index (χ1) is 9.79. The molecule has 0 heterocycles. The first-order valence-corrected chi connectivity index (χ1v) is 7.09. The fourth-order valence-electron chi connectivity index (χ4n) is 1.96. The molecular formula is C17H17ClO2. The number of halogens is 1. The lowest BCUT2D eigenvalue weighted by atomic mass is 10.1. The Morgan fingerprint density at radius 3 is 2.55 bits per heavy atom. The van der Waals surface area contributed by atoms with E-state index in [2.05, 4.69) is 24.3 Å². The summed E-state index contributed by atoms with van der Waals surface area (Å²) in [4.78, 5) is 10.6. The molecule has 0 amide bonds. The van der Waals surface area contributed by atoms with Crippen molar-refractivity contribution in [2.24, 2.45) is 0 Å². The molecule has 2 aromatic carbocycles. The summed E-state index contributed by atoms with van der Waals surface area (Å²) in [5.41, 5.74) is 1.84. The lowest BCUT2D eigenvalue weighted by Crippen LogP contribution is -1.98. The van der Waals surface area contributed by atoms with Gasteiger partial charge in [-0.15, -0.1) is 0 Å². The number of rotatable bonds is 7. The third kappa shape index (κ3) is 4.39. The molecule has 2 nitrogen and oxygen atoms in total. The van der Waals surface area contributed by atoms with Crippen molar-refractivity contribution < 1.29 is 9.53 Å². The second-order valence-corrected chi connectivity index (χ2v) is 5.00. The summed E-state index contributed by atoms with van der Waals surface area (Å²) < 4.78 is 5.62. The number of carbonyl (C=O) groups excluding carboxylic acids is 1. The normalized spacial score (nSPS) is 10.2. The van der Waals surface area contributed by atoms with Gasteiger partial charge in [0.15, 0.2) is 6.29 Å². The molecule has 0 aliphatic heterocycles. The van der Waals surface area contributed by atoms with Crippen molar-refractivity contribution in [2.45, 2.75) is 19.3 Å². The maximum Gasteiger partial charge on any atom is 0.151 e. The average molecular weight is 289 g/mol. The zero-order chi connectivity index (χ0) is 14.2. The van der Waals surface area contributed by atoms with Gasteiger partial charge in [0.05, 0.1) is 11.6 Å². The summed E-state index contributed by atoms with van der Waals surface area (Å²) in [5, 5.41) is 0.432. The number of aldehydes is 1. The molecule has 20 heavy (non-hydrogen) atoms. The van der Waals surface area contributed by atoms with Crippen molar-refractivity contribution in [3.05, 3.63) is 64.7 Å². The van der Waals surface area contributed by atoms with Gasteiger partial charge in [-0.3, -0.25) is 4.79 Å². The van der Waals surface area contributed by atoms with Crippen LogP contribution in [0.15, 0.2) is 48.5 Å². The average Bonchev–Trinajstić information content (AvgIpc) is 2.48. The van der Waals surface area contributed by atoms with Crippen LogP contribution in [0.5, 0.6) is 5.75 Å². The SMILES string of the molecule is O=Cc1ccc(OCCCCc2ccccc2)cc1Cl. The van der Waals surface area contributed by atoms with Gasteiger partial charge >= 0.3 is 0 Å². The third-order valence-electron chi connectivity index (χ3n) is 3.07. The van der Waals surface area contributed by atoms with E-state index in [-0.39, 0.29) is 0 Å². The quantitative estimate of drug-likeness (QED) is 0.552. The first-order valence-electron chi connectivity index (χ1n) is 6.71. The fourth-order valence-corrected chi connectivity index (χ4v) is 2.17. The van der Waals surface area contributed by atoms with Crippen molar-refractivity contribution in [1.82, 2.24) is 0 Å². The van der Waals surface area contributed by atoms with Gasteiger partial charge in [0.1, 0.15) is 5.75 Å². The molecule has 104 valence electrons. The maximum atomic E-state index is 10.6. The molecular weight excluding hydrogens is 272 g/mol. The Kier molecular flexibility index (Phi) is 5.63. The molecule has 0 N–H and O–H groups in total. The van der Waals surface area contributed by atoms with Crippen molar-refractivity contribution in [2.75, 3.05) is 6.61 Å². The minimum absolute atomic E-state index is 0.432. The number of carbonyl (C=O) groups is 1. The van der Waals surface area contributed by atoms with Crippen molar-refractivity contribution in [3.63, 3.8) is 0 Å². The van der Waals surface area contributed by atoms with E-state index in [0.717, 1.165) is 25.5 Å². The standard InChI is InChI=1S/C17H17ClO2/c18-17-12-16(10-9-15(17)13-19)20-11-5-4-8-14-6-2-1-3-7-14/h1-3,6-7,9-10,12-13H,4-5,8,11H2. The minimum Gasteiger partial charge on any atom is -0.494 e. The summed E-state index contributed by atoms with van der Waals surface area (Å²) in [5.74, 6) is 0.709. The van der Waals surface area contributed by atoms with E-state index in [1.54, 1.807) is 18.2 Å². The van der Waals surface area contributed by atoms with Gasteiger partial charge < -0.3 is 4.74 Å². The lowest BCUT2D eigenvalue weighted by Gasteiger charge is -2.07. The van der Waals surface area contributed by atoms with Gasteiger partial charge in [0, 0.05) is 5.56 Å². The van der Waals surface area contributed by atoms with Crippen molar-refractivity contribution in [3.8, 4) is 5.75 Å². The molecule has 0 radical (unpaired) electrons. The Hall–Kier alpha value is -1.80. The van der Waals surface area contributed by atoms with Crippen LogP contribution in [0.3, 0.4) is 0 Å². The van der Waals surface area contributed by atoms with E-state index >= 15 is 0 Å². The van der Waals surface area contributed by atoms with Crippen LogP contribution >= 0.6 is 11.6 Å². The van der Waals surface area contributed by atoms with Gasteiger partial charge in [-0.05, 0) is 43.0 Å². The molecule has 0 aliphatic carbocycles. The molecule has 0 spiro atoms. The smallest absolute Gasteiger partial charge is 0.151 e. The van der Waals surface area contributed by atoms with E-state index in [1.807, 2.05) is 6.07 Å². The summed E-state index contributed by atoms with van der Waals surface area (Å²) in [7, 11) is 0. The molecule has 0 unspecified atom stereocenters. The second kappa shape index (κ2) is 7.71. The summed E-state index contributed by atoms with van der Waals surface area (Å²) in [6.45, 7) is 0.656.